The number of ether oxygens (including phenoxy) is 1. The molecule has 1 saturated heterocycles. The first-order chi connectivity index (χ1) is 11.0. The third kappa shape index (κ3) is 5.28. The summed E-state index contributed by atoms with van der Waals surface area (Å²) in [6, 6.07) is 6.18. The molecule has 1 aliphatic rings. The highest BCUT2D eigenvalue weighted by atomic mass is 32.2. The predicted molar refractivity (Wildman–Crippen MR) is 86.9 cm³/mol. The van der Waals surface area contributed by atoms with Crippen LogP contribution in [0.1, 0.15) is 23.2 Å². The Morgan fingerprint density at radius 1 is 1.35 bits per heavy atom. The SMILES string of the molecule is COCCNS(=O)(=O)c1cccc(C(=O)NC2CCNCC2)c1. The number of piperidine rings is 1. The van der Waals surface area contributed by atoms with Crippen molar-refractivity contribution in [1.29, 1.82) is 0 Å². The minimum Gasteiger partial charge on any atom is -0.383 e. The van der Waals surface area contributed by atoms with Crippen LogP contribution in [0.3, 0.4) is 0 Å². The molecule has 1 aliphatic heterocycles. The lowest BCUT2D eigenvalue weighted by Gasteiger charge is -2.23. The van der Waals surface area contributed by atoms with Gasteiger partial charge in [-0.25, -0.2) is 13.1 Å². The highest BCUT2D eigenvalue weighted by Gasteiger charge is 2.19. The number of methoxy groups -OCH3 is 1. The normalized spacial score (nSPS) is 16.2. The van der Waals surface area contributed by atoms with Crippen molar-refractivity contribution >= 4 is 15.9 Å². The van der Waals surface area contributed by atoms with Crippen molar-refractivity contribution < 1.29 is 17.9 Å². The molecule has 1 fully saturated rings. The summed E-state index contributed by atoms with van der Waals surface area (Å²) in [6.45, 7) is 2.23. The zero-order valence-electron chi connectivity index (χ0n) is 13.2. The molecule has 1 heterocycles. The highest BCUT2D eigenvalue weighted by molar-refractivity contribution is 7.89. The Balaban J connectivity index is 2.04. The van der Waals surface area contributed by atoms with Gasteiger partial charge in [-0.3, -0.25) is 4.79 Å². The minimum absolute atomic E-state index is 0.0755. The van der Waals surface area contributed by atoms with Gasteiger partial charge in [-0.15, -0.1) is 0 Å². The van der Waals surface area contributed by atoms with Crippen molar-refractivity contribution in [3.05, 3.63) is 29.8 Å². The summed E-state index contributed by atoms with van der Waals surface area (Å²) < 4.78 is 31.6. The van der Waals surface area contributed by atoms with Gasteiger partial charge < -0.3 is 15.4 Å². The molecule has 8 heteroatoms. The number of nitrogens with one attached hydrogen (secondary N) is 3. The van der Waals surface area contributed by atoms with Gasteiger partial charge in [-0.2, -0.15) is 0 Å². The van der Waals surface area contributed by atoms with Crippen LogP contribution in [-0.2, 0) is 14.8 Å². The molecule has 0 spiro atoms. The maximum atomic E-state index is 12.3. The Morgan fingerprint density at radius 2 is 2.09 bits per heavy atom. The lowest BCUT2D eigenvalue weighted by Crippen LogP contribution is -2.42. The minimum atomic E-state index is -3.64. The first kappa shape index (κ1) is 17.9. The lowest BCUT2D eigenvalue weighted by molar-refractivity contribution is 0.0929. The molecular formula is C15H23N3O4S. The molecule has 0 bridgehead atoms. The molecule has 0 saturated carbocycles. The number of carbonyl (C=O) groups excluding carboxylic acids is 1. The maximum Gasteiger partial charge on any atom is 0.251 e. The van der Waals surface area contributed by atoms with Crippen LogP contribution in [0.15, 0.2) is 29.2 Å². The van der Waals surface area contributed by atoms with Gasteiger partial charge in [-0.1, -0.05) is 6.07 Å². The van der Waals surface area contributed by atoms with Crippen LogP contribution in [0.4, 0.5) is 0 Å². The number of benzene rings is 1. The summed E-state index contributed by atoms with van der Waals surface area (Å²) in [7, 11) is -2.14. The van der Waals surface area contributed by atoms with Gasteiger partial charge in [0, 0.05) is 25.3 Å². The third-order valence-electron chi connectivity index (χ3n) is 3.68. The van der Waals surface area contributed by atoms with Gasteiger partial charge >= 0.3 is 0 Å². The monoisotopic (exact) mass is 341 g/mol. The van der Waals surface area contributed by atoms with E-state index >= 15 is 0 Å². The average Bonchev–Trinajstić information content (AvgIpc) is 2.56. The predicted octanol–water partition coefficient (Wildman–Crippen LogP) is 0.0931. The number of rotatable bonds is 7. The second kappa shape index (κ2) is 8.39. The summed E-state index contributed by atoms with van der Waals surface area (Å²) in [5.74, 6) is -0.245. The van der Waals surface area contributed by atoms with E-state index in [-0.39, 0.29) is 30.0 Å². The summed E-state index contributed by atoms with van der Waals surface area (Å²) in [6.07, 6.45) is 1.75. The van der Waals surface area contributed by atoms with Crippen LogP contribution >= 0.6 is 0 Å². The number of amides is 1. The van der Waals surface area contributed by atoms with E-state index in [0.29, 0.717) is 5.56 Å². The van der Waals surface area contributed by atoms with Crippen molar-refractivity contribution in [2.24, 2.45) is 0 Å². The number of hydrogen-bond acceptors (Lipinski definition) is 5. The van der Waals surface area contributed by atoms with E-state index in [1.165, 1.54) is 19.2 Å². The fourth-order valence-electron chi connectivity index (χ4n) is 2.40. The number of hydrogen-bond donors (Lipinski definition) is 3. The Labute approximate surface area is 136 Å². The molecular weight excluding hydrogens is 318 g/mol. The molecule has 0 unspecified atom stereocenters. The molecule has 0 aliphatic carbocycles. The van der Waals surface area contributed by atoms with E-state index in [1.54, 1.807) is 12.1 Å². The molecule has 128 valence electrons. The van der Waals surface area contributed by atoms with E-state index in [0.717, 1.165) is 25.9 Å². The summed E-state index contributed by atoms with van der Waals surface area (Å²) in [5.41, 5.74) is 0.346. The second-order valence-electron chi connectivity index (χ2n) is 5.42. The van der Waals surface area contributed by atoms with Crippen molar-refractivity contribution in [1.82, 2.24) is 15.4 Å². The molecule has 0 atom stereocenters. The number of sulfonamides is 1. The molecule has 1 aromatic rings. The first-order valence-corrected chi connectivity index (χ1v) is 9.11. The smallest absolute Gasteiger partial charge is 0.251 e. The standard InChI is InChI=1S/C15H23N3O4S/c1-22-10-9-17-23(20,21)14-4-2-3-12(11-14)15(19)18-13-5-7-16-8-6-13/h2-4,11,13,16-17H,5-10H2,1H3,(H,18,19). The van der Waals surface area contributed by atoms with Crippen LogP contribution in [0, 0.1) is 0 Å². The van der Waals surface area contributed by atoms with Gasteiger partial charge in [-0.05, 0) is 44.1 Å². The summed E-state index contributed by atoms with van der Waals surface area (Å²) in [5, 5.41) is 6.18. The Bertz CT molecular complexity index is 627. The van der Waals surface area contributed by atoms with Crippen LogP contribution in [0.5, 0.6) is 0 Å². The third-order valence-corrected chi connectivity index (χ3v) is 5.14. The van der Waals surface area contributed by atoms with E-state index in [2.05, 4.69) is 15.4 Å². The average molecular weight is 341 g/mol. The van der Waals surface area contributed by atoms with Crippen molar-refractivity contribution in [2.75, 3.05) is 33.4 Å². The van der Waals surface area contributed by atoms with Crippen LogP contribution in [-0.4, -0.2) is 53.7 Å². The molecule has 0 radical (unpaired) electrons. The fraction of sp³-hybridized carbons (Fsp3) is 0.533. The van der Waals surface area contributed by atoms with Crippen LogP contribution in [0.25, 0.3) is 0 Å². The van der Waals surface area contributed by atoms with Gasteiger partial charge in [0.05, 0.1) is 11.5 Å². The Morgan fingerprint density at radius 3 is 2.78 bits per heavy atom. The second-order valence-corrected chi connectivity index (χ2v) is 7.18. The highest BCUT2D eigenvalue weighted by Crippen LogP contribution is 2.12. The zero-order chi connectivity index (χ0) is 16.7. The topological polar surface area (TPSA) is 96.5 Å². The van der Waals surface area contributed by atoms with E-state index in [4.69, 9.17) is 4.74 Å². The first-order valence-electron chi connectivity index (χ1n) is 7.63. The summed E-state index contributed by atoms with van der Waals surface area (Å²) in [4.78, 5) is 12.4. The Kier molecular flexibility index (Phi) is 6.52. The van der Waals surface area contributed by atoms with Crippen molar-refractivity contribution in [3.8, 4) is 0 Å². The largest absolute Gasteiger partial charge is 0.383 e. The fourth-order valence-corrected chi connectivity index (χ4v) is 3.46. The van der Waals surface area contributed by atoms with E-state index < -0.39 is 10.0 Å². The zero-order valence-corrected chi connectivity index (χ0v) is 14.0. The maximum absolute atomic E-state index is 12.3. The van der Waals surface area contributed by atoms with Gasteiger partial charge in [0.2, 0.25) is 10.0 Å². The molecule has 23 heavy (non-hydrogen) atoms. The number of carbonyl (C=O) groups is 1. The molecule has 3 N–H and O–H groups in total. The molecule has 1 amide bonds. The van der Waals surface area contributed by atoms with Gasteiger partial charge in [0.1, 0.15) is 0 Å². The van der Waals surface area contributed by atoms with E-state index in [1.807, 2.05) is 0 Å². The molecule has 1 aromatic carbocycles. The lowest BCUT2D eigenvalue weighted by atomic mass is 10.1. The Hall–Kier alpha value is -1.48. The van der Waals surface area contributed by atoms with E-state index in [9.17, 15) is 13.2 Å². The van der Waals surface area contributed by atoms with Crippen LogP contribution in [0.2, 0.25) is 0 Å². The molecule has 2 rings (SSSR count). The van der Waals surface area contributed by atoms with Crippen LogP contribution < -0.4 is 15.4 Å². The van der Waals surface area contributed by atoms with Gasteiger partial charge in [0.15, 0.2) is 0 Å². The molecule has 7 nitrogen and oxygen atoms in total. The molecule has 0 aromatic heterocycles. The van der Waals surface area contributed by atoms with Crippen molar-refractivity contribution in [2.45, 2.75) is 23.8 Å². The van der Waals surface area contributed by atoms with Crippen molar-refractivity contribution in [3.63, 3.8) is 0 Å². The van der Waals surface area contributed by atoms with Gasteiger partial charge in [0.25, 0.3) is 5.91 Å². The quantitative estimate of drug-likeness (QED) is 0.611. The summed E-state index contributed by atoms with van der Waals surface area (Å²) >= 11 is 0.